The van der Waals surface area contributed by atoms with Crippen molar-refractivity contribution in [2.24, 2.45) is 5.92 Å². The molecule has 1 aliphatic heterocycles. The summed E-state index contributed by atoms with van der Waals surface area (Å²) in [5, 5.41) is 8.13. The summed E-state index contributed by atoms with van der Waals surface area (Å²) >= 11 is 2.16. The van der Waals surface area contributed by atoms with Crippen molar-refractivity contribution in [1.82, 2.24) is 14.7 Å². The first-order chi connectivity index (χ1) is 14.1. The van der Waals surface area contributed by atoms with E-state index in [1.807, 2.05) is 0 Å². The van der Waals surface area contributed by atoms with Crippen LogP contribution in [-0.2, 0) is 0 Å². The van der Waals surface area contributed by atoms with Crippen molar-refractivity contribution in [2.45, 2.75) is 12.8 Å². The third kappa shape index (κ3) is 4.60. The molecule has 0 bridgehead atoms. The molecule has 2 N–H and O–H groups in total. The lowest BCUT2D eigenvalue weighted by Crippen LogP contribution is -2.30. The van der Waals surface area contributed by atoms with Crippen LogP contribution in [0.1, 0.15) is 23.3 Å². The van der Waals surface area contributed by atoms with Gasteiger partial charge in [0.25, 0.3) is 5.91 Å². The molecular formula is C19H18F2N4O2S2. The maximum atomic E-state index is 13.9. The van der Waals surface area contributed by atoms with Gasteiger partial charge < -0.3 is 15.4 Å². The number of piperidine rings is 1. The lowest BCUT2D eigenvalue weighted by Gasteiger charge is -2.22. The van der Waals surface area contributed by atoms with Gasteiger partial charge in [-0.1, -0.05) is 6.07 Å². The van der Waals surface area contributed by atoms with E-state index in [1.165, 1.54) is 17.6 Å². The van der Waals surface area contributed by atoms with E-state index in [9.17, 15) is 13.6 Å². The smallest absolute Gasteiger partial charge is 0.275 e. The number of aromatic nitrogens is 2. The first-order valence-corrected chi connectivity index (χ1v) is 10.8. The Morgan fingerprint density at radius 2 is 2.03 bits per heavy atom. The van der Waals surface area contributed by atoms with Gasteiger partial charge in [-0.2, -0.15) is 4.37 Å². The summed E-state index contributed by atoms with van der Waals surface area (Å²) in [5.41, 5.74) is 0.295. The zero-order valence-electron chi connectivity index (χ0n) is 15.3. The fourth-order valence-electron chi connectivity index (χ4n) is 3.04. The summed E-state index contributed by atoms with van der Waals surface area (Å²) in [4.78, 5) is 16.6. The molecular weight excluding hydrogens is 418 g/mol. The molecule has 29 heavy (non-hydrogen) atoms. The summed E-state index contributed by atoms with van der Waals surface area (Å²) < 4.78 is 37.8. The number of anilines is 1. The molecule has 10 heteroatoms. The van der Waals surface area contributed by atoms with Crippen LogP contribution in [-0.4, -0.2) is 35.0 Å². The van der Waals surface area contributed by atoms with Crippen molar-refractivity contribution in [1.29, 1.82) is 0 Å². The second kappa shape index (κ2) is 8.93. The van der Waals surface area contributed by atoms with Gasteiger partial charge in [0.05, 0.1) is 18.4 Å². The van der Waals surface area contributed by atoms with Crippen LogP contribution in [0, 0.1) is 17.6 Å². The highest BCUT2D eigenvalue weighted by Crippen LogP contribution is 2.32. The number of ether oxygens (including phenoxy) is 1. The van der Waals surface area contributed by atoms with Gasteiger partial charge in [-0.3, -0.25) is 4.79 Å². The number of thiazole rings is 1. The lowest BCUT2D eigenvalue weighted by atomic mass is 9.99. The fourth-order valence-corrected chi connectivity index (χ4v) is 4.46. The number of nitrogens with zero attached hydrogens (tertiary/aromatic N) is 2. The van der Waals surface area contributed by atoms with Crippen LogP contribution in [0.4, 0.5) is 14.5 Å². The second-order valence-corrected chi connectivity index (χ2v) is 8.24. The summed E-state index contributed by atoms with van der Waals surface area (Å²) in [6.45, 7) is 2.53. The van der Waals surface area contributed by atoms with Crippen molar-refractivity contribution in [2.75, 3.05) is 25.0 Å². The Balaban J connectivity index is 1.43. The van der Waals surface area contributed by atoms with Crippen LogP contribution in [0.15, 0.2) is 29.8 Å². The highest BCUT2D eigenvalue weighted by molar-refractivity contribution is 7.13. The van der Waals surface area contributed by atoms with Crippen molar-refractivity contribution in [3.8, 4) is 15.6 Å². The predicted octanol–water partition coefficient (Wildman–Crippen LogP) is 4.18. The second-order valence-electron chi connectivity index (χ2n) is 6.62. The molecule has 0 radical (unpaired) electrons. The Labute approximate surface area is 174 Å². The number of rotatable bonds is 6. The Kier molecular flexibility index (Phi) is 6.12. The molecule has 2 aromatic heterocycles. The summed E-state index contributed by atoms with van der Waals surface area (Å²) in [5.74, 6) is -1.46. The first-order valence-electron chi connectivity index (χ1n) is 9.11. The molecule has 152 valence electrons. The van der Waals surface area contributed by atoms with Gasteiger partial charge >= 0.3 is 0 Å². The molecule has 6 nitrogen and oxygen atoms in total. The Hall–Kier alpha value is -2.43. The van der Waals surface area contributed by atoms with Crippen LogP contribution < -0.4 is 15.4 Å². The third-order valence-corrected chi connectivity index (χ3v) is 6.18. The third-order valence-electron chi connectivity index (χ3n) is 4.61. The zero-order valence-corrected chi connectivity index (χ0v) is 16.9. The zero-order chi connectivity index (χ0) is 20.2. The Morgan fingerprint density at radius 3 is 2.79 bits per heavy atom. The maximum Gasteiger partial charge on any atom is 0.275 e. The van der Waals surface area contributed by atoms with Gasteiger partial charge in [-0.15, -0.1) is 11.3 Å². The van der Waals surface area contributed by atoms with Crippen LogP contribution in [0.25, 0.3) is 10.6 Å². The molecule has 0 saturated carbocycles. The van der Waals surface area contributed by atoms with Gasteiger partial charge in [0, 0.05) is 16.9 Å². The molecule has 3 aromatic rings. The topological polar surface area (TPSA) is 76.1 Å². The quantitative estimate of drug-likeness (QED) is 0.606. The van der Waals surface area contributed by atoms with Gasteiger partial charge in [0.2, 0.25) is 5.06 Å². The minimum Gasteiger partial charge on any atom is -0.481 e. The Morgan fingerprint density at radius 1 is 1.28 bits per heavy atom. The van der Waals surface area contributed by atoms with Crippen molar-refractivity contribution >= 4 is 34.5 Å². The van der Waals surface area contributed by atoms with Crippen molar-refractivity contribution < 1.29 is 18.3 Å². The molecule has 0 atom stereocenters. The SMILES string of the molecule is O=C(Nc1cnsc1OCC1CCNCC1)c1csc(-c2c(F)cccc2F)n1. The minimum atomic E-state index is -0.720. The van der Waals surface area contributed by atoms with Gasteiger partial charge in [-0.25, -0.2) is 13.8 Å². The molecule has 1 amide bonds. The number of halogens is 2. The van der Waals surface area contributed by atoms with E-state index in [0.29, 0.717) is 23.3 Å². The van der Waals surface area contributed by atoms with E-state index in [-0.39, 0.29) is 16.3 Å². The van der Waals surface area contributed by atoms with Gasteiger partial charge in [0.15, 0.2) is 0 Å². The average Bonchev–Trinajstić information content (AvgIpc) is 3.37. The average molecular weight is 437 g/mol. The molecule has 1 fully saturated rings. The maximum absolute atomic E-state index is 13.9. The van der Waals surface area contributed by atoms with E-state index in [1.54, 1.807) is 0 Å². The molecule has 0 aliphatic carbocycles. The van der Waals surface area contributed by atoms with E-state index < -0.39 is 17.5 Å². The largest absolute Gasteiger partial charge is 0.481 e. The molecule has 0 unspecified atom stereocenters. The van der Waals surface area contributed by atoms with Crippen LogP contribution in [0.2, 0.25) is 0 Å². The molecule has 4 rings (SSSR count). The molecule has 1 saturated heterocycles. The number of hydrogen-bond donors (Lipinski definition) is 2. The number of benzene rings is 1. The number of carbonyl (C=O) groups is 1. The highest BCUT2D eigenvalue weighted by Gasteiger charge is 2.20. The van der Waals surface area contributed by atoms with Gasteiger partial charge in [-0.05, 0) is 44.0 Å². The summed E-state index contributed by atoms with van der Waals surface area (Å²) in [7, 11) is 0. The van der Waals surface area contributed by atoms with Gasteiger partial charge in [0.1, 0.15) is 28.0 Å². The lowest BCUT2D eigenvalue weighted by molar-refractivity contribution is 0.102. The Bertz CT molecular complexity index is 982. The van der Waals surface area contributed by atoms with Crippen molar-refractivity contribution in [3.63, 3.8) is 0 Å². The van der Waals surface area contributed by atoms with Crippen LogP contribution in [0.3, 0.4) is 0 Å². The normalized spacial score (nSPS) is 14.7. The first kappa shape index (κ1) is 19.9. The monoisotopic (exact) mass is 436 g/mol. The van der Waals surface area contributed by atoms with Crippen molar-refractivity contribution in [3.05, 3.63) is 47.1 Å². The summed E-state index contributed by atoms with van der Waals surface area (Å²) in [6, 6.07) is 3.59. The minimum absolute atomic E-state index is 0.0724. The molecule has 3 heterocycles. The fraction of sp³-hybridized carbons (Fsp3) is 0.316. The molecule has 1 aromatic carbocycles. The van der Waals surface area contributed by atoms with E-state index in [0.717, 1.165) is 60.9 Å². The number of nitrogens with one attached hydrogen (secondary N) is 2. The van der Waals surface area contributed by atoms with Crippen LogP contribution in [0.5, 0.6) is 5.06 Å². The predicted molar refractivity (Wildman–Crippen MR) is 109 cm³/mol. The highest BCUT2D eigenvalue weighted by atomic mass is 32.1. The van der Waals surface area contributed by atoms with E-state index >= 15 is 0 Å². The number of carbonyl (C=O) groups excluding carboxylic acids is 1. The van der Waals surface area contributed by atoms with Crippen LogP contribution >= 0.6 is 22.9 Å². The van der Waals surface area contributed by atoms with E-state index in [2.05, 4.69) is 20.0 Å². The number of amides is 1. The number of hydrogen-bond acceptors (Lipinski definition) is 7. The molecule has 1 aliphatic rings. The molecule has 0 spiro atoms. The van der Waals surface area contributed by atoms with E-state index in [4.69, 9.17) is 4.74 Å². The standard InChI is InChI=1S/C19H18F2N4O2S2/c20-12-2-1-3-13(21)16(12)18-25-15(10-28-18)17(26)24-14-8-23-29-19(14)27-9-11-4-6-22-7-5-11/h1-3,8,10-11,22H,4-7,9H2,(H,24,26). The summed E-state index contributed by atoms with van der Waals surface area (Å²) in [6.07, 6.45) is 3.62.